The Morgan fingerprint density at radius 3 is 2.38 bits per heavy atom. The van der Waals surface area contributed by atoms with Gasteiger partial charge in [-0.2, -0.15) is 0 Å². The van der Waals surface area contributed by atoms with Gasteiger partial charge in [0.15, 0.2) is 0 Å². The summed E-state index contributed by atoms with van der Waals surface area (Å²) in [7, 11) is 2.19. The maximum absolute atomic E-state index is 2.38. The molecule has 0 atom stereocenters. The van der Waals surface area contributed by atoms with Gasteiger partial charge in [0.2, 0.25) is 0 Å². The zero-order valence-corrected chi connectivity index (χ0v) is 14.9. The van der Waals surface area contributed by atoms with Gasteiger partial charge in [-0.15, -0.1) is 0 Å². The molecule has 2 heteroatoms. The summed E-state index contributed by atoms with van der Waals surface area (Å²) in [5.41, 5.74) is 7.91. The first-order valence-electron chi connectivity index (χ1n) is 9.27. The number of hydrogen-bond donors (Lipinski definition) is 0. The van der Waals surface area contributed by atoms with Crippen LogP contribution in [0.1, 0.15) is 18.4 Å². The SMILES string of the molecule is BC1=CCCC(c2ccc3c(c2)c2ccccc2n3-c2ccccc2)=C1. The molecule has 0 fully saturated rings. The summed E-state index contributed by atoms with van der Waals surface area (Å²) < 4.78 is 2.37. The molecule has 0 unspecified atom stereocenters. The van der Waals surface area contributed by atoms with Crippen LogP contribution in [0.4, 0.5) is 0 Å². The van der Waals surface area contributed by atoms with Gasteiger partial charge in [0.05, 0.1) is 11.0 Å². The molecule has 5 rings (SSSR count). The van der Waals surface area contributed by atoms with Crippen LogP contribution in [0.5, 0.6) is 0 Å². The van der Waals surface area contributed by atoms with E-state index >= 15 is 0 Å². The van der Waals surface area contributed by atoms with Crippen LogP contribution in [-0.2, 0) is 0 Å². The number of para-hydroxylation sites is 2. The Morgan fingerprint density at radius 1 is 0.769 bits per heavy atom. The normalized spacial score (nSPS) is 14.5. The molecular weight excluding hydrogens is 313 g/mol. The molecule has 0 N–H and O–H groups in total. The first kappa shape index (κ1) is 15.3. The number of rotatable bonds is 2. The van der Waals surface area contributed by atoms with Gasteiger partial charge in [-0.25, -0.2) is 0 Å². The molecule has 0 aliphatic heterocycles. The van der Waals surface area contributed by atoms with Crippen molar-refractivity contribution < 1.29 is 0 Å². The molecule has 0 saturated heterocycles. The van der Waals surface area contributed by atoms with E-state index in [2.05, 4.69) is 97.4 Å². The highest BCUT2D eigenvalue weighted by Crippen LogP contribution is 2.35. The number of hydrogen-bond acceptors (Lipinski definition) is 0. The second-order valence-corrected chi connectivity index (χ2v) is 7.08. The fourth-order valence-electron chi connectivity index (χ4n) is 4.12. The highest BCUT2D eigenvalue weighted by atomic mass is 15.0. The third-order valence-electron chi connectivity index (χ3n) is 5.34. The van der Waals surface area contributed by atoms with Crippen LogP contribution in [0.2, 0.25) is 0 Å². The Morgan fingerprint density at radius 2 is 1.54 bits per heavy atom. The fraction of sp³-hybridized carbons (Fsp3) is 0.0833. The van der Waals surface area contributed by atoms with Gasteiger partial charge in [-0.05, 0) is 54.3 Å². The summed E-state index contributed by atoms with van der Waals surface area (Å²) in [6.45, 7) is 0. The van der Waals surface area contributed by atoms with Gasteiger partial charge in [0, 0.05) is 16.5 Å². The third-order valence-corrected chi connectivity index (χ3v) is 5.34. The zero-order chi connectivity index (χ0) is 17.5. The van der Waals surface area contributed by atoms with Crippen LogP contribution in [-0.4, -0.2) is 12.4 Å². The van der Waals surface area contributed by atoms with Gasteiger partial charge in [-0.1, -0.05) is 60.1 Å². The zero-order valence-electron chi connectivity index (χ0n) is 14.9. The minimum atomic E-state index is 1.13. The molecule has 1 nitrogen and oxygen atoms in total. The molecule has 26 heavy (non-hydrogen) atoms. The topological polar surface area (TPSA) is 4.93 Å². The minimum absolute atomic E-state index is 1.13. The Hall–Kier alpha value is -3.00. The fourth-order valence-corrected chi connectivity index (χ4v) is 4.12. The molecule has 0 radical (unpaired) electrons. The van der Waals surface area contributed by atoms with E-state index < -0.39 is 0 Å². The third kappa shape index (κ3) is 2.41. The van der Waals surface area contributed by atoms with E-state index in [1.54, 1.807) is 0 Å². The number of nitrogens with zero attached hydrogens (tertiary/aromatic N) is 1. The number of allylic oxidation sites excluding steroid dienone is 4. The highest BCUT2D eigenvalue weighted by molar-refractivity contribution is 6.24. The lowest BCUT2D eigenvalue weighted by molar-refractivity contribution is 1.05. The Bertz CT molecular complexity index is 1180. The lowest BCUT2D eigenvalue weighted by Crippen LogP contribution is -1.94. The predicted octanol–water partition coefficient (Wildman–Crippen LogP) is 5.48. The summed E-state index contributed by atoms with van der Waals surface area (Å²) in [5.74, 6) is 0. The molecule has 1 aliphatic rings. The van der Waals surface area contributed by atoms with E-state index in [9.17, 15) is 0 Å². The summed E-state index contributed by atoms with van der Waals surface area (Å²) in [5, 5.41) is 2.65. The second kappa shape index (κ2) is 6.07. The average Bonchev–Trinajstić information content (AvgIpc) is 3.02. The lowest BCUT2D eigenvalue weighted by Gasteiger charge is -2.13. The summed E-state index contributed by atoms with van der Waals surface area (Å²) >= 11 is 0. The average molecular weight is 333 g/mol. The quantitative estimate of drug-likeness (QED) is 0.428. The molecule has 4 aromatic rings. The van der Waals surface area contributed by atoms with Crippen molar-refractivity contribution in [3.05, 3.63) is 96.0 Å². The molecule has 1 aliphatic carbocycles. The molecule has 0 saturated carbocycles. The van der Waals surface area contributed by atoms with Crippen molar-refractivity contribution >= 4 is 35.2 Å². The van der Waals surface area contributed by atoms with E-state index in [0.717, 1.165) is 12.8 Å². The van der Waals surface area contributed by atoms with Crippen molar-refractivity contribution in [2.45, 2.75) is 12.8 Å². The molecule has 0 spiro atoms. The Kier molecular flexibility index (Phi) is 3.56. The van der Waals surface area contributed by atoms with Gasteiger partial charge in [-0.3, -0.25) is 0 Å². The molecular formula is C24H20BN. The maximum atomic E-state index is 2.38. The van der Waals surface area contributed by atoms with Gasteiger partial charge >= 0.3 is 0 Å². The first-order valence-corrected chi connectivity index (χ1v) is 9.27. The molecule has 3 aromatic carbocycles. The second-order valence-electron chi connectivity index (χ2n) is 7.08. The van der Waals surface area contributed by atoms with Crippen LogP contribution in [0, 0.1) is 0 Å². The summed E-state index contributed by atoms with van der Waals surface area (Å²) in [6, 6.07) is 26.3. The standard InChI is InChI=1S/C24H20BN/c25-19-8-6-7-17(15-19)18-13-14-24-22(16-18)21-11-4-5-12-23(21)26(24)20-9-2-1-3-10-20/h1-5,8-16H,6-7,25H2. The van der Waals surface area contributed by atoms with Crippen LogP contribution in [0.3, 0.4) is 0 Å². The summed E-state index contributed by atoms with van der Waals surface area (Å²) in [4.78, 5) is 0. The van der Waals surface area contributed by atoms with E-state index in [1.807, 2.05) is 0 Å². The highest BCUT2D eigenvalue weighted by Gasteiger charge is 2.14. The van der Waals surface area contributed by atoms with Crippen molar-refractivity contribution in [2.24, 2.45) is 0 Å². The number of benzene rings is 3. The largest absolute Gasteiger partial charge is 0.309 e. The Labute approximate surface area is 154 Å². The molecule has 124 valence electrons. The van der Waals surface area contributed by atoms with Gasteiger partial charge in [0.1, 0.15) is 7.85 Å². The van der Waals surface area contributed by atoms with E-state index in [4.69, 9.17) is 0 Å². The van der Waals surface area contributed by atoms with E-state index in [-0.39, 0.29) is 0 Å². The van der Waals surface area contributed by atoms with Gasteiger partial charge < -0.3 is 4.57 Å². The summed E-state index contributed by atoms with van der Waals surface area (Å²) in [6.07, 6.45) is 6.92. The number of fused-ring (bicyclic) bond motifs is 3. The maximum Gasteiger partial charge on any atom is 0.138 e. The molecule has 0 amide bonds. The smallest absolute Gasteiger partial charge is 0.138 e. The van der Waals surface area contributed by atoms with Crippen molar-refractivity contribution in [3.63, 3.8) is 0 Å². The van der Waals surface area contributed by atoms with Crippen molar-refractivity contribution in [2.75, 3.05) is 0 Å². The van der Waals surface area contributed by atoms with Crippen LogP contribution in [0.15, 0.2) is 90.4 Å². The van der Waals surface area contributed by atoms with E-state index in [0.29, 0.717) is 0 Å². The lowest BCUT2D eigenvalue weighted by atomic mass is 9.85. The van der Waals surface area contributed by atoms with Crippen molar-refractivity contribution in [1.29, 1.82) is 0 Å². The first-order chi connectivity index (χ1) is 12.8. The van der Waals surface area contributed by atoms with Crippen LogP contribution >= 0.6 is 0 Å². The molecule has 1 heterocycles. The van der Waals surface area contributed by atoms with E-state index in [1.165, 1.54) is 44.1 Å². The van der Waals surface area contributed by atoms with Crippen molar-refractivity contribution in [3.8, 4) is 5.69 Å². The van der Waals surface area contributed by atoms with Crippen molar-refractivity contribution in [1.82, 2.24) is 4.57 Å². The van der Waals surface area contributed by atoms with Crippen LogP contribution in [0.25, 0.3) is 33.1 Å². The monoisotopic (exact) mass is 333 g/mol. The predicted molar refractivity (Wildman–Crippen MR) is 115 cm³/mol. The van der Waals surface area contributed by atoms with Gasteiger partial charge in [0.25, 0.3) is 0 Å². The Balaban J connectivity index is 1.80. The molecule has 0 bridgehead atoms. The van der Waals surface area contributed by atoms with Crippen LogP contribution < -0.4 is 0 Å². The molecule has 1 aromatic heterocycles. The number of aromatic nitrogens is 1. The minimum Gasteiger partial charge on any atom is -0.309 e.